The summed E-state index contributed by atoms with van der Waals surface area (Å²) in [6, 6.07) is 0. The van der Waals surface area contributed by atoms with Gasteiger partial charge in [-0.1, -0.05) is 19.9 Å². The van der Waals surface area contributed by atoms with Crippen LogP contribution in [0, 0.1) is 5.41 Å². The van der Waals surface area contributed by atoms with Crippen LogP contribution in [0.4, 0.5) is 0 Å². The normalized spacial score (nSPS) is 23.5. The van der Waals surface area contributed by atoms with Crippen LogP contribution in [0.15, 0.2) is 46.8 Å². The van der Waals surface area contributed by atoms with Crippen LogP contribution in [0.5, 0.6) is 0 Å². The Balaban J connectivity index is 2.21. The maximum absolute atomic E-state index is 11.4. The zero-order chi connectivity index (χ0) is 18.6. The molecule has 0 saturated heterocycles. The van der Waals surface area contributed by atoms with Gasteiger partial charge in [0.1, 0.15) is 12.5 Å². The van der Waals surface area contributed by atoms with Crippen molar-refractivity contribution in [2.75, 3.05) is 0 Å². The molecule has 0 radical (unpaired) electrons. The third-order valence-corrected chi connectivity index (χ3v) is 4.40. The number of rotatable bonds is 6. The molecule has 1 N–H and O–H groups in total. The van der Waals surface area contributed by atoms with Gasteiger partial charge in [0.25, 0.3) is 6.29 Å². The number of ether oxygens (including phenoxy) is 2. The molecule has 1 aliphatic heterocycles. The first-order valence-corrected chi connectivity index (χ1v) is 8.10. The van der Waals surface area contributed by atoms with Crippen molar-refractivity contribution >= 4 is 18.2 Å². The van der Waals surface area contributed by atoms with E-state index in [1.165, 1.54) is 12.2 Å². The van der Waals surface area contributed by atoms with E-state index in [0.29, 0.717) is 17.6 Å². The molecular weight excluding hydrogens is 324 g/mol. The van der Waals surface area contributed by atoms with Crippen LogP contribution in [-0.2, 0) is 23.9 Å². The van der Waals surface area contributed by atoms with Gasteiger partial charge in [0.2, 0.25) is 0 Å². The molecule has 0 saturated carbocycles. The highest BCUT2D eigenvalue weighted by Crippen LogP contribution is 2.40. The van der Waals surface area contributed by atoms with E-state index in [2.05, 4.69) is 0 Å². The first-order chi connectivity index (χ1) is 11.7. The standard InChI is InChI=1S/C19H22O6/c1-12-9-16(25-18(12)23)24-11-14(17(21)22)6-7-15-13(10-20)5-4-8-19(15,2)3/h6-7,9-11,16H,4-5,8H2,1-3H3,(H,21,22)/b7-6+,14-11+. The van der Waals surface area contributed by atoms with Gasteiger partial charge in [-0.2, -0.15) is 0 Å². The summed E-state index contributed by atoms with van der Waals surface area (Å²) in [6.45, 7) is 5.65. The van der Waals surface area contributed by atoms with Gasteiger partial charge in [-0.05, 0) is 48.8 Å². The summed E-state index contributed by atoms with van der Waals surface area (Å²) in [7, 11) is 0. The van der Waals surface area contributed by atoms with Gasteiger partial charge in [0, 0.05) is 11.6 Å². The Morgan fingerprint density at radius 1 is 1.44 bits per heavy atom. The molecule has 0 aromatic rings. The van der Waals surface area contributed by atoms with Crippen molar-refractivity contribution in [3.8, 4) is 0 Å². The Morgan fingerprint density at radius 2 is 2.16 bits per heavy atom. The maximum atomic E-state index is 11.4. The lowest BCUT2D eigenvalue weighted by atomic mass is 9.72. The average Bonchev–Trinajstić information content (AvgIpc) is 2.85. The molecule has 0 fully saturated rings. The van der Waals surface area contributed by atoms with Gasteiger partial charge >= 0.3 is 11.9 Å². The van der Waals surface area contributed by atoms with E-state index >= 15 is 0 Å². The number of aliphatic carboxylic acids is 1. The van der Waals surface area contributed by atoms with Crippen LogP contribution >= 0.6 is 0 Å². The van der Waals surface area contributed by atoms with E-state index in [1.54, 1.807) is 13.0 Å². The second kappa shape index (κ2) is 7.51. The lowest BCUT2D eigenvalue weighted by molar-refractivity contribution is -0.152. The number of cyclic esters (lactones) is 1. The zero-order valence-corrected chi connectivity index (χ0v) is 14.6. The van der Waals surface area contributed by atoms with Crippen molar-refractivity contribution in [2.24, 2.45) is 5.41 Å². The summed E-state index contributed by atoms with van der Waals surface area (Å²) < 4.78 is 10.1. The van der Waals surface area contributed by atoms with Crippen molar-refractivity contribution in [3.63, 3.8) is 0 Å². The summed E-state index contributed by atoms with van der Waals surface area (Å²) in [4.78, 5) is 34.0. The van der Waals surface area contributed by atoms with Crippen LogP contribution in [0.3, 0.4) is 0 Å². The quantitative estimate of drug-likeness (QED) is 0.261. The number of hydrogen-bond acceptors (Lipinski definition) is 5. The van der Waals surface area contributed by atoms with Crippen molar-refractivity contribution in [2.45, 2.75) is 46.3 Å². The SMILES string of the molecule is CC1=CC(O/C=C(\C=C\C2=C(C=O)CCCC2(C)C)C(=O)O)OC1=O. The van der Waals surface area contributed by atoms with Gasteiger partial charge in [-0.15, -0.1) is 0 Å². The van der Waals surface area contributed by atoms with Crippen molar-refractivity contribution in [1.29, 1.82) is 0 Å². The fourth-order valence-corrected chi connectivity index (χ4v) is 2.93. The molecule has 2 aliphatic rings. The topological polar surface area (TPSA) is 89.9 Å². The van der Waals surface area contributed by atoms with Gasteiger partial charge in [-0.25, -0.2) is 9.59 Å². The first-order valence-electron chi connectivity index (χ1n) is 8.10. The smallest absolute Gasteiger partial charge is 0.338 e. The Morgan fingerprint density at radius 3 is 2.72 bits per heavy atom. The van der Waals surface area contributed by atoms with E-state index in [9.17, 15) is 19.5 Å². The van der Waals surface area contributed by atoms with Crippen molar-refractivity contribution in [3.05, 3.63) is 46.8 Å². The summed E-state index contributed by atoms with van der Waals surface area (Å²) in [5.41, 5.74) is 1.64. The number of carbonyl (C=O) groups excluding carboxylic acids is 2. The Bertz CT molecular complexity index is 705. The molecule has 1 aliphatic carbocycles. The van der Waals surface area contributed by atoms with E-state index in [-0.39, 0.29) is 11.0 Å². The Hall–Kier alpha value is -2.63. The van der Waals surface area contributed by atoms with E-state index in [0.717, 1.165) is 31.0 Å². The second-order valence-electron chi connectivity index (χ2n) is 6.77. The van der Waals surface area contributed by atoms with Crippen LogP contribution in [0.25, 0.3) is 0 Å². The molecule has 6 nitrogen and oxygen atoms in total. The number of carbonyl (C=O) groups is 3. The highest BCUT2D eigenvalue weighted by molar-refractivity contribution is 5.90. The van der Waals surface area contributed by atoms with Gasteiger partial charge in [0.15, 0.2) is 0 Å². The molecule has 2 rings (SSSR count). The summed E-state index contributed by atoms with van der Waals surface area (Å²) >= 11 is 0. The van der Waals surface area contributed by atoms with Gasteiger partial charge in [-0.3, -0.25) is 4.79 Å². The van der Waals surface area contributed by atoms with Crippen molar-refractivity contribution in [1.82, 2.24) is 0 Å². The van der Waals surface area contributed by atoms with Crippen LogP contribution in [-0.4, -0.2) is 29.6 Å². The molecule has 0 bridgehead atoms. The average molecular weight is 346 g/mol. The van der Waals surface area contributed by atoms with Gasteiger partial charge < -0.3 is 14.6 Å². The third kappa shape index (κ3) is 4.47. The largest absolute Gasteiger partial charge is 0.478 e. The Kier molecular flexibility index (Phi) is 5.62. The predicted molar refractivity (Wildman–Crippen MR) is 90.3 cm³/mol. The summed E-state index contributed by atoms with van der Waals surface area (Å²) in [5.74, 6) is -1.67. The highest BCUT2D eigenvalue weighted by atomic mass is 16.7. The van der Waals surface area contributed by atoms with Crippen LogP contribution in [0.1, 0.15) is 40.0 Å². The minimum absolute atomic E-state index is 0.104. The fourth-order valence-electron chi connectivity index (χ4n) is 2.93. The number of hydrogen-bond donors (Lipinski definition) is 1. The molecule has 134 valence electrons. The Labute approximate surface area is 146 Å². The number of aldehydes is 1. The monoisotopic (exact) mass is 346 g/mol. The second-order valence-corrected chi connectivity index (χ2v) is 6.77. The first kappa shape index (κ1) is 18.7. The molecule has 1 unspecified atom stereocenters. The van der Waals surface area contributed by atoms with E-state index in [1.807, 2.05) is 13.8 Å². The van der Waals surface area contributed by atoms with E-state index < -0.39 is 18.2 Å². The summed E-state index contributed by atoms with van der Waals surface area (Å²) in [6.07, 6.45) is 8.05. The lowest BCUT2D eigenvalue weighted by Gasteiger charge is -2.32. The highest BCUT2D eigenvalue weighted by Gasteiger charge is 2.28. The number of carboxylic acid groups (broad SMARTS) is 1. The number of esters is 1. The minimum atomic E-state index is -1.18. The zero-order valence-electron chi connectivity index (χ0n) is 14.6. The molecule has 25 heavy (non-hydrogen) atoms. The summed E-state index contributed by atoms with van der Waals surface area (Å²) in [5, 5.41) is 9.33. The molecule has 0 amide bonds. The third-order valence-electron chi connectivity index (χ3n) is 4.40. The molecule has 0 spiro atoms. The van der Waals surface area contributed by atoms with Crippen LogP contribution in [0.2, 0.25) is 0 Å². The minimum Gasteiger partial charge on any atom is -0.478 e. The molecule has 6 heteroatoms. The molecule has 0 aromatic carbocycles. The molecule has 1 heterocycles. The van der Waals surface area contributed by atoms with Crippen LogP contribution < -0.4 is 0 Å². The molecular formula is C19H22O6. The number of allylic oxidation sites excluding steroid dienone is 3. The molecule has 1 atom stereocenters. The maximum Gasteiger partial charge on any atom is 0.338 e. The van der Waals surface area contributed by atoms with E-state index in [4.69, 9.17) is 9.47 Å². The van der Waals surface area contributed by atoms with Gasteiger partial charge in [0.05, 0.1) is 5.57 Å². The number of carboxylic acids is 1. The predicted octanol–water partition coefficient (Wildman–Crippen LogP) is 3.06. The fraction of sp³-hybridized carbons (Fsp3) is 0.421. The lowest BCUT2D eigenvalue weighted by Crippen LogP contribution is -2.20. The molecule has 0 aromatic heterocycles. The van der Waals surface area contributed by atoms with Crippen molar-refractivity contribution < 1.29 is 29.0 Å².